The van der Waals surface area contributed by atoms with Crippen molar-refractivity contribution in [3.63, 3.8) is 0 Å². The van der Waals surface area contributed by atoms with Crippen molar-refractivity contribution in [3.05, 3.63) is 33.3 Å². The molecule has 0 fully saturated rings. The first-order valence-electron chi connectivity index (χ1n) is 4.25. The first kappa shape index (κ1) is 8.50. The van der Waals surface area contributed by atoms with Crippen LogP contribution in [0.1, 0.15) is 5.56 Å². The van der Waals surface area contributed by atoms with Crippen molar-refractivity contribution in [1.82, 2.24) is 0 Å². The fourth-order valence-corrected chi connectivity index (χ4v) is 2.43. The molecule has 2 heterocycles. The summed E-state index contributed by atoms with van der Waals surface area (Å²) in [5, 5.41) is 0.765. The Labute approximate surface area is 95.0 Å². The third-order valence-corrected chi connectivity index (χ3v) is 3.22. The van der Waals surface area contributed by atoms with Gasteiger partial charge in [0.1, 0.15) is 12.5 Å². The van der Waals surface area contributed by atoms with Gasteiger partial charge in [-0.3, -0.25) is 0 Å². The topological polar surface area (TPSA) is 15.6 Å². The number of anilines is 1. The lowest BCUT2D eigenvalue weighted by Gasteiger charge is -2.36. The van der Waals surface area contributed by atoms with Crippen molar-refractivity contribution in [2.75, 3.05) is 11.6 Å². The molecular formula is C10H6BrClN2. The highest BCUT2D eigenvalue weighted by atomic mass is 79.9. The van der Waals surface area contributed by atoms with Crippen LogP contribution in [0.2, 0.25) is 5.02 Å². The molecule has 0 bridgehead atoms. The van der Waals surface area contributed by atoms with Crippen LogP contribution in [-0.2, 0) is 0 Å². The van der Waals surface area contributed by atoms with Gasteiger partial charge < -0.3 is 4.90 Å². The molecule has 0 spiro atoms. The van der Waals surface area contributed by atoms with Gasteiger partial charge in [0, 0.05) is 5.02 Å². The monoisotopic (exact) mass is 268 g/mol. The van der Waals surface area contributed by atoms with Gasteiger partial charge >= 0.3 is 0 Å². The summed E-state index contributed by atoms with van der Waals surface area (Å²) >= 11 is 9.44. The van der Waals surface area contributed by atoms with Crippen molar-refractivity contribution < 1.29 is 0 Å². The van der Waals surface area contributed by atoms with E-state index >= 15 is 0 Å². The molecule has 0 atom stereocenters. The minimum atomic E-state index is 0.728. The summed E-state index contributed by atoms with van der Waals surface area (Å²) in [6.07, 6.45) is 2.07. The summed E-state index contributed by atoms with van der Waals surface area (Å²) in [7, 11) is 0. The Morgan fingerprint density at radius 1 is 1.43 bits per heavy atom. The highest BCUT2D eigenvalue weighted by Crippen LogP contribution is 2.36. The van der Waals surface area contributed by atoms with Crippen molar-refractivity contribution in [2.24, 2.45) is 4.99 Å². The van der Waals surface area contributed by atoms with Gasteiger partial charge in [-0.2, -0.15) is 0 Å². The lowest BCUT2D eigenvalue weighted by molar-refractivity contribution is 0.921. The second-order valence-corrected chi connectivity index (χ2v) is 4.54. The van der Waals surface area contributed by atoms with Crippen LogP contribution in [0.3, 0.4) is 0 Å². The van der Waals surface area contributed by atoms with Crippen LogP contribution in [-0.4, -0.2) is 12.5 Å². The van der Waals surface area contributed by atoms with Gasteiger partial charge in [0.05, 0.1) is 10.2 Å². The Hall–Kier alpha value is -0.800. The predicted octanol–water partition coefficient (Wildman–Crippen LogP) is 3.27. The summed E-state index contributed by atoms with van der Waals surface area (Å²) in [5.41, 5.74) is 2.32. The van der Waals surface area contributed by atoms with Crippen molar-refractivity contribution in [3.8, 4) is 0 Å². The van der Waals surface area contributed by atoms with Crippen LogP contribution in [0.25, 0.3) is 6.08 Å². The molecule has 1 aromatic rings. The first-order chi connectivity index (χ1) is 6.75. The maximum absolute atomic E-state index is 5.95. The maximum atomic E-state index is 5.95. The number of amidine groups is 1. The van der Waals surface area contributed by atoms with Gasteiger partial charge in [-0.05, 0) is 39.7 Å². The van der Waals surface area contributed by atoms with E-state index in [1.807, 2.05) is 18.2 Å². The molecule has 0 N–H and O–H groups in total. The zero-order valence-corrected chi connectivity index (χ0v) is 9.51. The largest absolute Gasteiger partial charge is 0.305 e. The van der Waals surface area contributed by atoms with Gasteiger partial charge in [-0.15, -0.1) is 0 Å². The maximum Gasteiger partial charge on any atom is 0.146 e. The van der Waals surface area contributed by atoms with Crippen LogP contribution in [0.4, 0.5) is 5.69 Å². The molecule has 0 saturated carbocycles. The number of hydrogen-bond donors (Lipinski definition) is 0. The molecule has 0 radical (unpaired) electrons. The lowest BCUT2D eigenvalue weighted by atomic mass is 10.1. The minimum absolute atomic E-state index is 0.728. The van der Waals surface area contributed by atoms with Gasteiger partial charge in [0.15, 0.2) is 0 Å². The molecule has 2 aliphatic rings. The molecular weight excluding hydrogens is 263 g/mol. The number of nitrogens with zero attached hydrogens (tertiary/aromatic N) is 2. The summed E-state index contributed by atoms with van der Waals surface area (Å²) in [5.74, 6) is 1.000. The molecule has 1 aromatic carbocycles. The van der Waals surface area contributed by atoms with E-state index in [2.05, 4.69) is 31.9 Å². The molecule has 2 aliphatic heterocycles. The Kier molecular flexibility index (Phi) is 1.73. The molecule has 0 saturated heterocycles. The molecule has 0 amide bonds. The number of aliphatic imine (C=N–C) groups is 1. The van der Waals surface area contributed by atoms with Crippen molar-refractivity contribution in [2.45, 2.75) is 0 Å². The molecule has 0 unspecified atom stereocenters. The molecule has 4 heteroatoms. The zero-order chi connectivity index (χ0) is 9.71. The SMILES string of the molecule is Clc1ccc2c(c1)N1CN=C1C(Br)=C2. The molecule has 3 rings (SSSR count). The second-order valence-electron chi connectivity index (χ2n) is 3.25. The summed E-state index contributed by atoms with van der Waals surface area (Å²) in [4.78, 5) is 6.43. The number of hydrogen-bond acceptors (Lipinski definition) is 2. The Morgan fingerprint density at radius 2 is 2.29 bits per heavy atom. The Bertz CT molecular complexity index is 479. The number of fused-ring (bicyclic) bond motifs is 3. The van der Waals surface area contributed by atoms with Crippen LogP contribution >= 0.6 is 27.5 Å². The number of rotatable bonds is 0. The summed E-state index contributed by atoms with van der Waals surface area (Å²) < 4.78 is 1.04. The fourth-order valence-electron chi connectivity index (χ4n) is 1.68. The summed E-state index contributed by atoms with van der Waals surface area (Å²) in [6, 6.07) is 5.90. The average molecular weight is 270 g/mol. The van der Waals surface area contributed by atoms with Crippen LogP contribution in [0, 0.1) is 0 Å². The lowest BCUT2D eigenvalue weighted by Crippen LogP contribution is -2.42. The summed E-state index contributed by atoms with van der Waals surface area (Å²) in [6.45, 7) is 0.728. The van der Waals surface area contributed by atoms with Crippen LogP contribution < -0.4 is 4.90 Å². The molecule has 14 heavy (non-hydrogen) atoms. The van der Waals surface area contributed by atoms with E-state index in [4.69, 9.17) is 11.6 Å². The predicted molar refractivity (Wildman–Crippen MR) is 63.1 cm³/mol. The minimum Gasteiger partial charge on any atom is -0.305 e. The Balaban J connectivity index is 2.24. The number of halogens is 2. The third kappa shape index (κ3) is 1.06. The first-order valence-corrected chi connectivity index (χ1v) is 5.42. The molecule has 70 valence electrons. The normalized spacial score (nSPS) is 17.7. The second kappa shape index (κ2) is 2.84. The standard InChI is InChI=1S/C10H6BrClN2/c11-8-3-6-1-2-7(12)4-9(6)14-5-13-10(8)14/h1-4H,5H2. The Morgan fingerprint density at radius 3 is 3.00 bits per heavy atom. The molecule has 0 aliphatic carbocycles. The van der Waals surface area contributed by atoms with E-state index in [0.29, 0.717) is 0 Å². The highest BCUT2D eigenvalue weighted by Gasteiger charge is 2.28. The van der Waals surface area contributed by atoms with E-state index < -0.39 is 0 Å². The van der Waals surface area contributed by atoms with E-state index in [1.165, 1.54) is 5.56 Å². The van der Waals surface area contributed by atoms with Gasteiger partial charge in [-0.25, -0.2) is 4.99 Å². The fraction of sp³-hybridized carbons (Fsp3) is 0.100. The van der Waals surface area contributed by atoms with E-state index in [1.54, 1.807) is 0 Å². The van der Waals surface area contributed by atoms with Gasteiger partial charge in [0.2, 0.25) is 0 Å². The third-order valence-electron chi connectivity index (χ3n) is 2.40. The highest BCUT2D eigenvalue weighted by molar-refractivity contribution is 9.12. The van der Waals surface area contributed by atoms with Crippen molar-refractivity contribution in [1.29, 1.82) is 0 Å². The zero-order valence-electron chi connectivity index (χ0n) is 7.17. The van der Waals surface area contributed by atoms with E-state index in [9.17, 15) is 0 Å². The van der Waals surface area contributed by atoms with Gasteiger partial charge in [0.25, 0.3) is 0 Å². The molecule has 0 aromatic heterocycles. The quantitative estimate of drug-likeness (QED) is 0.706. The van der Waals surface area contributed by atoms with Crippen LogP contribution in [0.15, 0.2) is 27.7 Å². The van der Waals surface area contributed by atoms with Crippen LogP contribution in [0.5, 0.6) is 0 Å². The average Bonchev–Trinajstić information content (AvgIpc) is 2.06. The smallest absolute Gasteiger partial charge is 0.146 e. The van der Waals surface area contributed by atoms with Crippen molar-refractivity contribution >= 4 is 45.1 Å². The van der Waals surface area contributed by atoms with E-state index in [-0.39, 0.29) is 0 Å². The molecule has 2 nitrogen and oxygen atoms in total. The van der Waals surface area contributed by atoms with Gasteiger partial charge in [-0.1, -0.05) is 17.7 Å². The van der Waals surface area contributed by atoms with E-state index in [0.717, 1.165) is 27.7 Å². The number of benzene rings is 1.